The summed E-state index contributed by atoms with van der Waals surface area (Å²) < 4.78 is 15.9. The van der Waals surface area contributed by atoms with Crippen LogP contribution in [-0.2, 0) is 9.53 Å². The monoisotopic (exact) mass is 422 g/mol. The van der Waals surface area contributed by atoms with Crippen molar-refractivity contribution in [2.45, 2.75) is 50.2 Å². The number of aliphatic hydroxyl groups is 4. The average molecular weight is 422 g/mol. The number of benzene rings is 1. The van der Waals surface area contributed by atoms with Gasteiger partial charge >= 0.3 is 11.6 Å². The number of aliphatic hydroxyl groups excluding tert-OH is 3. The number of hydrogen-bond acceptors (Lipinski definition) is 9. The fourth-order valence-electron chi connectivity index (χ4n) is 2.91. The van der Waals surface area contributed by atoms with Crippen LogP contribution in [0.2, 0.25) is 0 Å². The van der Waals surface area contributed by atoms with Crippen LogP contribution in [-0.4, -0.2) is 67.8 Å². The molecule has 0 spiro atoms. The van der Waals surface area contributed by atoms with Crippen LogP contribution in [0.25, 0.3) is 17.0 Å². The highest BCUT2D eigenvalue weighted by Gasteiger charge is 2.48. The lowest BCUT2D eigenvalue weighted by atomic mass is 9.99. The predicted molar refractivity (Wildman–Crippen MR) is 103 cm³/mol. The van der Waals surface area contributed by atoms with E-state index < -0.39 is 47.9 Å². The van der Waals surface area contributed by atoms with Crippen LogP contribution in [0.15, 0.2) is 39.6 Å². The van der Waals surface area contributed by atoms with Gasteiger partial charge in [0.15, 0.2) is 6.10 Å². The van der Waals surface area contributed by atoms with E-state index in [9.17, 15) is 35.1 Å². The fourth-order valence-corrected chi connectivity index (χ4v) is 2.91. The standard InChI is InChI=1S/C20H22O10/c1-20(2,27)6-5-10-7-9-3-4-13(21)28-11(9)8-12(10)29-19-16(24)14(22)15(23)17(30-19)18(25)26/h3-8,14-17,19,22-24,27H,1-2H3,(H,25,26)/b6-5+. The van der Waals surface area contributed by atoms with Gasteiger partial charge in [-0.25, -0.2) is 9.59 Å². The van der Waals surface area contributed by atoms with Crippen molar-refractivity contribution in [3.8, 4) is 5.75 Å². The van der Waals surface area contributed by atoms with Crippen LogP contribution < -0.4 is 10.4 Å². The summed E-state index contributed by atoms with van der Waals surface area (Å²) in [5, 5.41) is 49.6. The Hall–Kier alpha value is -2.76. The minimum absolute atomic E-state index is 0.0223. The van der Waals surface area contributed by atoms with Crippen molar-refractivity contribution < 1.29 is 44.2 Å². The maximum absolute atomic E-state index is 11.5. The van der Waals surface area contributed by atoms with Crippen molar-refractivity contribution in [2.24, 2.45) is 0 Å². The Balaban J connectivity index is 2.03. The summed E-state index contributed by atoms with van der Waals surface area (Å²) >= 11 is 0. The Morgan fingerprint density at radius 3 is 2.47 bits per heavy atom. The average Bonchev–Trinajstić information content (AvgIpc) is 2.65. The molecule has 3 rings (SSSR count). The number of ether oxygens (including phenoxy) is 2. The van der Waals surface area contributed by atoms with Gasteiger partial charge in [0.1, 0.15) is 29.6 Å². The zero-order chi connectivity index (χ0) is 22.2. The van der Waals surface area contributed by atoms with Gasteiger partial charge in [0.05, 0.1) is 5.60 Å². The Bertz CT molecular complexity index is 1020. The van der Waals surface area contributed by atoms with Crippen LogP contribution in [0.5, 0.6) is 5.75 Å². The molecule has 5 atom stereocenters. The number of rotatable bonds is 5. The Labute approximate surface area is 170 Å². The number of carbonyl (C=O) groups is 1. The lowest BCUT2D eigenvalue weighted by Gasteiger charge is -2.38. The summed E-state index contributed by atoms with van der Waals surface area (Å²) in [5.74, 6) is -1.53. The second-order valence-corrected chi connectivity index (χ2v) is 7.52. The minimum Gasteiger partial charge on any atom is -0.479 e. The molecule has 2 heterocycles. The van der Waals surface area contributed by atoms with Crippen molar-refractivity contribution in [2.75, 3.05) is 0 Å². The molecule has 162 valence electrons. The van der Waals surface area contributed by atoms with Gasteiger partial charge in [-0.1, -0.05) is 12.2 Å². The molecule has 0 radical (unpaired) electrons. The summed E-state index contributed by atoms with van der Waals surface area (Å²) in [7, 11) is 0. The highest BCUT2D eigenvalue weighted by Crippen LogP contribution is 2.31. The number of hydrogen-bond donors (Lipinski definition) is 5. The zero-order valence-corrected chi connectivity index (χ0v) is 16.1. The van der Waals surface area contributed by atoms with Gasteiger partial charge < -0.3 is 39.4 Å². The second-order valence-electron chi connectivity index (χ2n) is 7.52. The van der Waals surface area contributed by atoms with Crippen molar-refractivity contribution in [1.82, 2.24) is 0 Å². The lowest BCUT2D eigenvalue weighted by Crippen LogP contribution is -2.61. The summed E-state index contributed by atoms with van der Waals surface area (Å²) in [6.45, 7) is 3.10. The quantitative estimate of drug-likeness (QED) is 0.409. The molecule has 10 nitrogen and oxygen atoms in total. The topological polar surface area (TPSA) is 167 Å². The molecule has 0 amide bonds. The molecule has 0 aliphatic carbocycles. The van der Waals surface area contributed by atoms with Gasteiger partial charge in [-0.3, -0.25) is 0 Å². The number of carboxylic acid groups (broad SMARTS) is 1. The van der Waals surface area contributed by atoms with E-state index in [-0.39, 0.29) is 11.3 Å². The molecule has 0 saturated carbocycles. The third kappa shape index (κ3) is 4.69. The van der Waals surface area contributed by atoms with Crippen LogP contribution in [0.4, 0.5) is 0 Å². The first-order valence-corrected chi connectivity index (χ1v) is 9.05. The fraction of sp³-hybridized carbons (Fsp3) is 0.400. The number of aliphatic carboxylic acids is 1. The first-order chi connectivity index (χ1) is 14.0. The van der Waals surface area contributed by atoms with Crippen LogP contribution in [0.3, 0.4) is 0 Å². The molecule has 1 aromatic heterocycles. The molecule has 5 unspecified atom stereocenters. The molecule has 10 heteroatoms. The molecule has 5 N–H and O–H groups in total. The van der Waals surface area contributed by atoms with E-state index in [1.807, 2.05) is 0 Å². The molecule has 2 aromatic rings. The van der Waals surface area contributed by atoms with Gasteiger partial charge in [0.25, 0.3) is 0 Å². The zero-order valence-electron chi connectivity index (χ0n) is 16.1. The number of carboxylic acids is 1. The van der Waals surface area contributed by atoms with Gasteiger partial charge in [-0.2, -0.15) is 0 Å². The maximum Gasteiger partial charge on any atom is 0.336 e. The van der Waals surface area contributed by atoms with Crippen molar-refractivity contribution in [3.63, 3.8) is 0 Å². The maximum atomic E-state index is 11.5. The molecular weight excluding hydrogens is 400 g/mol. The molecule has 1 aliphatic heterocycles. The van der Waals surface area contributed by atoms with E-state index in [1.165, 1.54) is 30.4 Å². The normalized spacial score (nSPS) is 27.5. The van der Waals surface area contributed by atoms with E-state index in [4.69, 9.17) is 13.9 Å². The van der Waals surface area contributed by atoms with Crippen molar-refractivity contribution >= 4 is 23.0 Å². The van der Waals surface area contributed by atoms with E-state index in [2.05, 4.69) is 0 Å². The largest absolute Gasteiger partial charge is 0.479 e. The minimum atomic E-state index is -1.86. The highest BCUT2D eigenvalue weighted by atomic mass is 16.7. The second kappa shape index (κ2) is 8.17. The van der Waals surface area contributed by atoms with Crippen molar-refractivity contribution in [3.05, 3.63) is 46.3 Å². The molecule has 0 bridgehead atoms. The molecule has 1 aliphatic rings. The molecule has 1 saturated heterocycles. The van der Waals surface area contributed by atoms with Crippen LogP contribution >= 0.6 is 0 Å². The van der Waals surface area contributed by atoms with E-state index in [0.29, 0.717) is 10.9 Å². The summed E-state index contributed by atoms with van der Waals surface area (Å²) in [4.78, 5) is 22.8. The lowest BCUT2D eigenvalue weighted by molar-refractivity contribution is -0.271. The predicted octanol–water partition coefficient (Wildman–Crippen LogP) is -0.152. The first kappa shape index (κ1) is 21.9. The van der Waals surface area contributed by atoms with Crippen LogP contribution in [0, 0.1) is 0 Å². The molecular formula is C20H22O10. The summed E-state index contributed by atoms with van der Waals surface area (Å²) in [5.41, 5.74) is -1.22. The van der Waals surface area contributed by atoms with Gasteiger partial charge in [-0.15, -0.1) is 0 Å². The van der Waals surface area contributed by atoms with E-state index in [1.54, 1.807) is 19.9 Å². The van der Waals surface area contributed by atoms with Gasteiger partial charge in [0.2, 0.25) is 6.29 Å². The summed E-state index contributed by atoms with van der Waals surface area (Å²) in [6, 6.07) is 5.68. The Kier molecular flexibility index (Phi) is 5.97. The Morgan fingerprint density at radius 2 is 1.83 bits per heavy atom. The van der Waals surface area contributed by atoms with E-state index in [0.717, 1.165) is 0 Å². The van der Waals surface area contributed by atoms with E-state index >= 15 is 0 Å². The third-order valence-electron chi connectivity index (χ3n) is 4.48. The molecule has 30 heavy (non-hydrogen) atoms. The SMILES string of the molecule is CC(C)(O)/C=C/c1cc2ccc(=O)oc2cc1OC1OC(C(=O)O)C(O)C(O)C1O. The molecule has 1 fully saturated rings. The van der Waals surface area contributed by atoms with Gasteiger partial charge in [0, 0.05) is 23.1 Å². The number of fused-ring (bicyclic) bond motifs is 1. The summed E-state index contributed by atoms with van der Waals surface area (Å²) in [6.07, 6.45) is -5.94. The van der Waals surface area contributed by atoms with Crippen LogP contribution in [0.1, 0.15) is 19.4 Å². The van der Waals surface area contributed by atoms with Crippen molar-refractivity contribution in [1.29, 1.82) is 0 Å². The molecule has 1 aromatic carbocycles. The first-order valence-electron chi connectivity index (χ1n) is 9.05. The highest BCUT2D eigenvalue weighted by molar-refractivity contribution is 5.82. The smallest absolute Gasteiger partial charge is 0.336 e. The Morgan fingerprint density at radius 1 is 1.13 bits per heavy atom. The third-order valence-corrected chi connectivity index (χ3v) is 4.48. The van der Waals surface area contributed by atoms with Gasteiger partial charge in [-0.05, 0) is 26.0 Å².